The molecule has 0 spiro atoms. The molecule has 2 heterocycles. The summed E-state index contributed by atoms with van der Waals surface area (Å²) in [6, 6.07) is 10.2. The Morgan fingerprint density at radius 3 is 2.68 bits per heavy atom. The van der Waals surface area contributed by atoms with Gasteiger partial charge in [-0.2, -0.15) is 0 Å². The van der Waals surface area contributed by atoms with E-state index in [0.717, 1.165) is 0 Å². The van der Waals surface area contributed by atoms with Crippen molar-refractivity contribution in [1.29, 1.82) is 0 Å². The predicted molar refractivity (Wildman–Crippen MR) is 87.2 cm³/mol. The summed E-state index contributed by atoms with van der Waals surface area (Å²) in [6.07, 6.45) is -0.899. The first-order valence-electron chi connectivity index (χ1n) is 7.31. The van der Waals surface area contributed by atoms with Crippen molar-refractivity contribution in [3.8, 4) is 11.5 Å². The highest BCUT2D eigenvalue weighted by atomic mass is 32.1. The molecule has 1 aromatic heterocycles. The van der Waals surface area contributed by atoms with Gasteiger partial charge in [-0.1, -0.05) is 18.2 Å². The minimum absolute atomic E-state index is 0.0199. The molecule has 1 atom stereocenters. The van der Waals surface area contributed by atoms with E-state index in [2.05, 4.69) is 10.9 Å². The Balaban J connectivity index is 1.42. The standard InChI is InChI=1S/C16H14N2O6S/c19-14(9-23-16(21)13-6-3-7-25-13)17-18-15(20)12-8-22-10-4-1-2-5-11(10)24-12/h1-7,12H,8-9H2,(H,17,19)(H,18,20)/t12-/m1/s1. The molecule has 2 aromatic rings. The first kappa shape index (κ1) is 16.8. The van der Waals surface area contributed by atoms with E-state index in [1.165, 1.54) is 11.3 Å². The number of carbonyl (C=O) groups excluding carboxylic acids is 3. The highest BCUT2D eigenvalue weighted by molar-refractivity contribution is 7.11. The summed E-state index contributed by atoms with van der Waals surface area (Å²) in [7, 11) is 0. The molecule has 0 fully saturated rings. The summed E-state index contributed by atoms with van der Waals surface area (Å²) in [5.74, 6) is -0.846. The van der Waals surface area contributed by atoms with E-state index >= 15 is 0 Å². The van der Waals surface area contributed by atoms with E-state index in [-0.39, 0.29) is 6.61 Å². The molecular formula is C16H14N2O6S. The molecule has 1 aromatic carbocycles. The van der Waals surface area contributed by atoms with Gasteiger partial charge in [0.05, 0.1) is 0 Å². The van der Waals surface area contributed by atoms with Crippen molar-refractivity contribution < 1.29 is 28.6 Å². The van der Waals surface area contributed by atoms with Crippen molar-refractivity contribution in [1.82, 2.24) is 10.9 Å². The second-order valence-electron chi connectivity index (χ2n) is 4.96. The fraction of sp³-hybridized carbons (Fsp3) is 0.188. The first-order chi connectivity index (χ1) is 12.1. The summed E-state index contributed by atoms with van der Waals surface area (Å²) in [6.45, 7) is -0.492. The minimum Gasteiger partial charge on any atom is -0.485 e. The van der Waals surface area contributed by atoms with Crippen LogP contribution in [-0.2, 0) is 14.3 Å². The Bertz CT molecular complexity index is 777. The van der Waals surface area contributed by atoms with Gasteiger partial charge in [0.1, 0.15) is 11.5 Å². The maximum absolute atomic E-state index is 12.0. The van der Waals surface area contributed by atoms with Crippen LogP contribution in [-0.4, -0.2) is 37.1 Å². The molecule has 0 aliphatic carbocycles. The topological polar surface area (TPSA) is 103 Å². The summed E-state index contributed by atoms with van der Waals surface area (Å²) < 4.78 is 15.7. The maximum Gasteiger partial charge on any atom is 0.348 e. The third kappa shape index (κ3) is 4.27. The van der Waals surface area contributed by atoms with Crippen LogP contribution in [0.15, 0.2) is 41.8 Å². The number of esters is 1. The highest BCUT2D eigenvalue weighted by Crippen LogP contribution is 2.30. The average molecular weight is 362 g/mol. The van der Waals surface area contributed by atoms with Gasteiger partial charge < -0.3 is 14.2 Å². The number of nitrogens with one attached hydrogen (secondary N) is 2. The number of hydrogen-bond donors (Lipinski definition) is 2. The van der Waals surface area contributed by atoms with Gasteiger partial charge >= 0.3 is 5.97 Å². The van der Waals surface area contributed by atoms with E-state index in [4.69, 9.17) is 14.2 Å². The molecule has 0 radical (unpaired) electrons. The smallest absolute Gasteiger partial charge is 0.348 e. The van der Waals surface area contributed by atoms with Crippen LogP contribution in [0.4, 0.5) is 0 Å². The Hall–Kier alpha value is -3.07. The third-order valence-electron chi connectivity index (χ3n) is 3.18. The van der Waals surface area contributed by atoms with Gasteiger partial charge in [-0.3, -0.25) is 20.4 Å². The quantitative estimate of drug-likeness (QED) is 0.619. The third-order valence-corrected chi connectivity index (χ3v) is 4.03. The zero-order valence-electron chi connectivity index (χ0n) is 12.9. The van der Waals surface area contributed by atoms with Crippen molar-refractivity contribution in [2.75, 3.05) is 13.2 Å². The molecular weight excluding hydrogens is 348 g/mol. The largest absolute Gasteiger partial charge is 0.485 e. The fourth-order valence-electron chi connectivity index (χ4n) is 1.99. The summed E-state index contributed by atoms with van der Waals surface area (Å²) in [5, 5.41) is 1.72. The second-order valence-corrected chi connectivity index (χ2v) is 5.90. The van der Waals surface area contributed by atoms with Crippen LogP contribution < -0.4 is 20.3 Å². The highest BCUT2D eigenvalue weighted by Gasteiger charge is 2.27. The number of amides is 2. The summed E-state index contributed by atoms with van der Waals surface area (Å²) in [5.41, 5.74) is 4.37. The lowest BCUT2D eigenvalue weighted by Gasteiger charge is -2.25. The van der Waals surface area contributed by atoms with Crippen LogP contribution in [0.2, 0.25) is 0 Å². The summed E-state index contributed by atoms with van der Waals surface area (Å²) >= 11 is 1.21. The molecule has 130 valence electrons. The average Bonchev–Trinajstić information content (AvgIpc) is 3.18. The molecule has 2 N–H and O–H groups in total. The van der Waals surface area contributed by atoms with E-state index < -0.39 is 30.5 Å². The lowest BCUT2D eigenvalue weighted by atomic mass is 10.2. The second kappa shape index (κ2) is 7.67. The number of ether oxygens (including phenoxy) is 3. The number of fused-ring (bicyclic) bond motifs is 1. The molecule has 25 heavy (non-hydrogen) atoms. The number of hydrogen-bond acceptors (Lipinski definition) is 7. The Kier molecular flexibility index (Phi) is 5.14. The van der Waals surface area contributed by atoms with Crippen LogP contribution in [0, 0.1) is 0 Å². The SMILES string of the molecule is O=C(COC(=O)c1cccs1)NNC(=O)[C@H]1COc2ccccc2O1. The molecule has 0 saturated carbocycles. The lowest BCUT2D eigenvalue weighted by Crippen LogP contribution is -2.51. The van der Waals surface area contributed by atoms with Crippen LogP contribution in [0.25, 0.3) is 0 Å². The minimum atomic E-state index is -0.899. The Morgan fingerprint density at radius 1 is 1.12 bits per heavy atom. The first-order valence-corrected chi connectivity index (χ1v) is 8.19. The molecule has 0 unspecified atom stereocenters. The number of carbonyl (C=O) groups is 3. The van der Waals surface area contributed by atoms with Crippen LogP contribution >= 0.6 is 11.3 Å². The Morgan fingerprint density at radius 2 is 1.92 bits per heavy atom. The lowest BCUT2D eigenvalue weighted by molar-refractivity contribution is -0.135. The predicted octanol–water partition coefficient (Wildman–Crippen LogP) is 0.892. The number of hydrazine groups is 1. The normalized spacial score (nSPS) is 15.1. The van der Waals surface area contributed by atoms with Gasteiger partial charge in [0, 0.05) is 0 Å². The zero-order chi connectivity index (χ0) is 17.6. The van der Waals surface area contributed by atoms with E-state index in [0.29, 0.717) is 16.4 Å². The molecule has 2 amide bonds. The molecule has 9 heteroatoms. The number of benzene rings is 1. The van der Waals surface area contributed by atoms with Crippen molar-refractivity contribution in [3.05, 3.63) is 46.7 Å². The van der Waals surface area contributed by atoms with Gasteiger partial charge in [0.2, 0.25) is 6.10 Å². The zero-order valence-corrected chi connectivity index (χ0v) is 13.7. The molecule has 3 rings (SSSR count). The van der Waals surface area contributed by atoms with Crippen molar-refractivity contribution in [2.45, 2.75) is 6.10 Å². The van der Waals surface area contributed by atoms with Gasteiger partial charge in [0.25, 0.3) is 11.8 Å². The fourth-order valence-corrected chi connectivity index (χ4v) is 2.61. The van der Waals surface area contributed by atoms with Crippen LogP contribution in [0.1, 0.15) is 9.67 Å². The number of rotatable bonds is 4. The van der Waals surface area contributed by atoms with E-state index in [1.807, 2.05) is 0 Å². The number of para-hydroxylation sites is 2. The maximum atomic E-state index is 12.0. The van der Waals surface area contributed by atoms with Crippen molar-refractivity contribution >= 4 is 29.1 Å². The summed E-state index contributed by atoms with van der Waals surface area (Å²) in [4.78, 5) is 35.6. The van der Waals surface area contributed by atoms with Crippen LogP contribution in [0.5, 0.6) is 11.5 Å². The van der Waals surface area contributed by atoms with Gasteiger partial charge in [-0.15, -0.1) is 11.3 Å². The Labute approximate surface area is 146 Å². The van der Waals surface area contributed by atoms with Gasteiger partial charge in [-0.25, -0.2) is 4.79 Å². The van der Waals surface area contributed by atoms with E-state index in [1.54, 1.807) is 41.8 Å². The number of thiophene rings is 1. The van der Waals surface area contributed by atoms with Crippen LogP contribution in [0.3, 0.4) is 0 Å². The van der Waals surface area contributed by atoms with E-state index in [9.17, 15) is 14.4 Å². The molecule has 0 saturated heterocycles. The molecule has 1 aliphatic rings. The molecule has 0 bridgehead atoms. The monoisotopic (exact) mass is 362 g/mol. The molecule has 8 nitrogen and oxygen atoms in total. The van der Waals surface area contributed by atoms with Crippen molar-refractivity contribution in [2.24, 2.45) is 0 Å². The molecule has 1 aliphatic heterocycles. The van der Waals surface area contributed by atoms with Crippen molar-refractivity contribution in [3.63, 3.8) is 0 Å². The van der Waals surface area contributed by atoms with Gasteiger partial charge in [0.15, 0.2) is 18.1 Å². The van der Waals surface area contributed by atoms with Gasteiger partial charge in [-0.05, 0) is 23.6 Å².